The fourth-order valence-electron chi connectivity index (χ4n) is 2.15. The van der Waals surface area contributed by atoms with Gasteiger partial charge in [-0.1, -0.05) is 13.8 Å². The predicted molar refractivity (Wildman–Crippen MR) is 96.5 cm³/mol. The van der Waals surface area contributed by atoms with Gasteiger partial charge in [-0.25, -0.2) is 9.78 Å². The fraction of sp³-hybridized carbons (Fsp3) is 0.353. The molecule has 7 heteroatoms. The van der Waals surface area contributed by atoms with E-state index in [-0.39, 0.29) is 6.03 Å². The van der Waals surface area contributed by atoms with E-state index in [4.69, 9.17) is 5.73 Å². The van der Waals surface area contributed by atoms with E-state index in [2.05, 4.69) is 29.5 Å². The lowest BCUT2D eigenvalue weighted by Crippen LogP contribution is -2.28. The summed E-state index contributed by atoms with van der Waals surface area (Å²) in [7, 11) is 0. The number of hydrogen-bond donors (Lipinski definition) is 3. The number of carbonyl (C=O) groups excluding carboxylic acids is 2. The molecule has 0 spiro atoms. The van der Waals surface area contributed by atoms with Crippen molar-refractivity contribution in [1.29, 1.82) is 0 Å². The van der Waals surface area contributed by atoms with Crippen molar-refractivity contribution >= 4 is 29.0 Å². The van der Waals surface area contributed by atoms with Crippen molar-refractivity contribution in [3.63, 3.8) is 0 Å². The molecule has 4 N–H and O–H groups in total. The number of aromatic nitrogens is 1. The third-order valence-corrected chi connectivity index (χ3v) is 5.03. The number of nitrogens with two attached hydrogens (primary N) is 1. The summed E-state index contributed by atoms with van der Waals surface area (Å²) in [6, 6.07) is 4.61. The Bertz CT molecular complexity index is 768. The summed E-state index contributed by atoms with van der Waals surface area (Å²) in [6.07, 6.45) is 0. The number of anilines is 1. The van der Waals surface area contributed by atoms with Gasteiger partial charge in [0.15, 0.2) is 0 Å². The van der Waals surface area contributed by atoms with E-state index in [0.29, 0.717) is 23.7 Å². The van der Waals surface area contributed by atoms with Gasteiger partial charge in [-0.2, -0.15) is 0 Å². The Balaban J connectivity index is 1.98. The number of rotatable bonds is 5. The maximum atomic E-state index is 12.1. The van der Waals surface area contributed by atoms with Gasteiger partial charge in [-0.3, -0.25) is 4.79 Å². The maximum absolute atomic E-state index is 12.1. The molecule has 0 unspecified atom stereocenters. The molecule has 6 nitrogen and oxygen atoms in total. The lowest BCUT2D eigenvalue weighted by Gasteiger charge is -2.10. The lowest BCUT2D eigenvalue weighted by molar-refractivity contribution is 0.1000. The van der Waals surface area contributed by atoms with E-state index in [9.17, 15) is 9.59 Å². The Hall–Kier alpha value is -2.41. The van der Waals surface area contributed by atoms with Crippen LogP contribution in [0.15, 0.2) is 18.2 Å². The van der Waals surface area contributed by atoms with Crippen LogP contribution in [0.4, 0.5) is 10.5 Å². The van der Waals surface area contributed by atoms with E-state index >= 15 is 0 Å². The van der Waals surface area contributed by atoms with Gasteiger partial charge in [0.25, 0.3) is 0 Å². The largest absolute Gasteiger partial charge is 0.366 e. The van der Waals surface area contributed by atoms with Gasteiger partial charge in [0.1, 0.15) is 0 Å². The van der Waals surface area contributed by atoms with Crippen LogP contribution in [0, 0.1) is 13.8 Å². The molecule has 0 saturated carbocycles. The molecule has 2 aromatic rings. The summed E-state index contributed by atoms with van der Waals surface area (Å²) in [5.41, 5.74) is 8.02. The third kappa shape index (κ3) is 4.32. The van der Waals surface area contributed by atoms with Crippen molar-refractivity contribution < 1.29 is 9.59 Å². The van der Waals surface area contributed by atoms with Crippen LogP contribution in [0.1, 0.15) is 51.3 Å². The van der Waals surface area contributed by atoms with E-state index < -0.39 is 5.91 Å². The van der Waals surface area contributed by atoms with Crippen molar-refractivity contribution in [1.82, 2.24) is 10.3 Å². The Kier molecular flexibility index (Phi) is 5.56. The number of thiazole rings is 1. The number of nitrogens with zero attached hydrogens (tertiary/aromatic N) is 1. The second kappa shape index (κ2) is 7.44. The molecule has 0 bridgehead atoms. The monoisotopic (exact) mass is 346 g/mol. The molecule has 0 aliphatic carbocycles. The van der Waals surface area contributed by atoms with Crippen molar-refractivity contribution in [2.24, 2.45) is 5.73 Å². The van der Waals surface area contributed by atoms with Crippen LogP contribution in [0.3, 0.4) is 0 Å². The number of urea groups is 1. The first-order valence-corrected chi connectivity index (χ1v) is 8.51. The number of amides is 3. The standard InChI is InChI=1S/C17H22N4O2S/c1-9(2)16-20-11(4)14(24-16)8-19-17(23)21-13-6-5-12(15(18)22)7-10(13)3/h5-7,9H,8H2,1-4H3,(H2,18,22)(H2,19,21,23). The second-order valence-corrected chi connectivity index (χ2v) is 7.03. The summed E-state index contributed by atoms with van der Waals surface area (Å²) in [6.45, 7) is 8.39. The smallest absolute Gasteiger partial charge is 0.319 e. The second-order valence-electron chi connectivity index (χ2n) is 5.92. The molecule has 0 radical (unpaired) electrons. The average Bonchev–Trinajstić information content (AvgIpc) is 2.88. The number of hydrogen-bond acceptors (Lipinski definition) is 4. The molecule has 0 aliphatic rings. The normalized spacial score (nSPS) is 10.7. The molecular weight excluding hydrogens is 324 g/mol. The molecule has 0 aliphatic heterocycles. The van der Waals surface area contributed by atoms with Gasteiger partial charge in [0, 0.05) is 22.0 Å². The minimum absolute atomic E-state index is 0.302. The number of carbonyl (C=O) groups is 2. The third-order valence-electron chi connectivity index (χ3n) is 3.57. The molecule has 1 heterocycles. The van der Waals surface area contributed by atoms with E-state index in [1.54, 1.807) is 29.5 Å². The number of benzene rings is 1. The van der Waals surface area contributed by atoms with Gasteiger partial charge in [0.2, 0.25) is 5.91 Å². The predicted octanol–water partition coefficient (Wildman–Crippen LogP) is 3.30. The van der Waals surface area contributed by atoms with E-state index in [0.717, 1.165) is 21.1 Å². The highest BCUT2D eigenvalue weighted by Gasteiger charge is 2.12. The Morgan fingerprint density at radius 3 is 2.54 bits per heavy atom. The molecule has 0 atom stereocenters. The Labute approximate surface area is 145 Å². The Morgan fingerprint density at radius 2 is 2.00 bits per heavy atom. The van der Waals surface area contributed by atoms with E-state index in [1.165, 1.54) is 0 Å². The average molecular weight is 346 g/mol. The SMILES string of the molecule is Cc1cc(C(N)=O)ccc1NC(=O)NCc1sc(C(C)C)nc1C. The van der Waals surface area contributed by atoms with Gasteiger partial charge in [0.05, 0.1) is 17.2 Å². The van der Waals surface area contributed by atoms with Crippen LogP contribution in [-0.4, -0.2) is 16.9 Å². The first-order chi connectivity index (χ1) is 11.3. The van der Waals surface area contributed by atoms with Gasteiger partial charge in [-0.05, 0) is 37.6 Å². The Morgan fingerprint density at radius 1 is 1.29 bits per heavy atom. The lowest BCUT2D eigenvalue weighted by atomic mass is 10.1. The van der Waals surface area contributed by atoms with Crippen LogP contribution in [0.2, 0.25) is 0 Å². The van der Waals surface area contributed by atoms with E-state index in [1.807, 2.05) is 13.8 Å². The zero-order valence-electron chi connectivity index (χ0n) is 14.3. The zero-order chi connectivity index (χ0) is 17.9. The first kappa shape index (κ1) is 17.9. The van der Waals surface area contributed by atoms with Crippen molar-refractivity contribution in [3.05, 3.63) is 44.9 Å². The molecule has 0 saturated heterocycles. The molecular formula is C17H22N4O2S. The number of nitrogens with one attached hydrogen (secondary N) is 2. The van der Waals surface area contributed by atoms with Gasteiger partial charge >= 0.3 is 6.03 Å². The van der Waals surface area contributed by atoms with Crippen LogP contribution in [0.25, 0.3) is 0 Å². The minimum Gasteiger partial charge on any atom is -0.366 e. The van der Waals surface area contributed by atoms with Crippen LogP contribution in [-0.2, 0) is 6.54 Å². The summed E-state index contributed by atoms with van der Waals surface area (Å²) < 4.78 is 0. The summed E-state index contributed by atoms with van der Waals surface area (Å²) in [5, 5.41) is 6.68. The highest BCUT2D eigenvalue weighted by atomic mass is 32.1. The first-order valence-electron chi connectivity index (χ1n) is 7.69. The van der Waals surface area contributed by atoms with Crippen molar-refractivity contribution in [2.45, 2.75) is 40.2 Å². The molecule has 3 amide bonds. The molecule has 24 heavy (non-hydrogen) atoms. The fourth-order valence-corrected chi connectivity index (χ4v) is 3.15. The molecule has 1 aromatic heterocycles. The van der Waals surface area contributed by atoms with Crippen molar-refractivity contribution in [2.75, 3.05) is 5.32 Å². The van der Waals surface area contributed by atoms with Crippen molar-refractivity contribution in [3.8, 4) is 0 Å². The van der Waals surface area contributed by atoms with Gasteiger partial charge in [-0.15, -0.1) is 11.3 Å². The highest BCUT2D eigenvalue weighted by Crippen LogP contribution is 2.24. The highest BCUT2D eigenvalue weighted by molar-refractivity contribution is 7.11. The summed E-state index contributed by atoms with van der Waals surface area (Å²) >= 11 is 1.62. The number of aryl methyl sites for hydroxylation is 2. The zero-order valence-corrected chi connectivity index (χ0v) is 15.1. The quantitative estimate of drug-likeness (QED) is 0.775. The summed E-state index contributed by atoms with van der Waals surface area (Å²) in [4.78, 5) is 28.8. The minimum atomic E-state index is -0.490. The molecule has 128 valence electrons. The molecule has 1 aromatic carbocycles. The number of primary amides is 1. The summed E-state index contributed by atoms with van der Waals surface area (Å²) in [5.74, 6) is -0.113. The van der Waals surface area contributed by atoms with Crippen LogP contribution in [0.5, 0.6) is 0 Å². The molecule has 2 rings (SSSR count). The van der Waals surface area contributed by atoms with Crippen LogP contribution >= 0.6 is 11.3 Å². The van der Waals surface area contributed by atoms with Gasteiger partial charge < -0.3 is 16.4 Å². The van der Waals surface area contributed by atoms with Crippen LogP contribution < -0.4 is 16.4 Å². The maximum Gasteiger partial charge on any atom is 0.319 e. The topological polar surface area (TPSA) is 97.1 Å². The molecule has 0 fully saturated rings.